The molecule has 4 heterocycles. The first-order valence-electron chi connectivity index (χ1n) is 9.51. The molecule has 0 amide bonds. The second kappa shape index (κ2) is 8.25. The predicted molar refractivity (Wildman–Crippen MR) is 113 cm³/mol. The third kappa shape index (κ3) is 4.36. The van der Waals surface area contributed by atoms with Crippen molar-refractivity contribution in [2.75, 3.05) is 13.1 Å². The van der Waals surface area contributed by atoms with Crippen LogP contribution in [0.2, 0.25) is 0 Å². The molecule has 0 radical (unpaired) electrons. The van der Waals surface area contributed by atoms with Gasteiger partial charge in [-0.3, -0.25) is 9.20 Å². The number of aryl methyl sites for hydroxylation is 1. The molecule has 0 aromatic carbocycles. The Balaban J connectivity index is 1.47. The van der Waals surface area contributed by atoms with E-state index in [1.807, 2.05) is 19.1 Å². The maximum absolute atomic E-state index is 12.7. The van der Waals surface area contributed by atoms with Gasteiger partial charge in [-0.05, 0) is 43.5 Å². The summed E-state index contributed by atoms with van der Waals surface area (Å²) in [4.78, 5) is 21.3. The van der Waals surface area contributed by atoms with Crippen LogP contribution in [0.4, 0.5) is 0 Å². The number of hydrogen-bond acceptors (Lipinski definition) is 6. The molecule has 1 fully saturated rings. The molecule has 29 heavy (non-hydrogen) atoms. The van der Waals surface area contributed by atoms with Crippen molar-refractivity contribution in [3.05, 3.63) is 64.3 Å². The quantitative estimate of drug-likeness (QED) is 0.579. The summed E-state index contributed by atoms with van der Waals surface area (Å²) in [5.41, 5.74) is 2.14. The average molecular weight is 431 g/mol. The van der Waals surface area contributed by atoms with E-state index in [1.165, 1.54) is 32.7 Å². The second-order valence-corrected chi connectivity index (χ2v) is 10.0. The van der Waals surface area contributed by atoms with Gasteiger partial charge in [0.25, 0.3) is 5.56 Å². The van der Waals surface area contributed by atoms with Gasteiger partial charge in [0.15, 0.2) is 0 Å². The molecular weight excluding hydrogens is 408 g/mol. The number of sulfonamides is 1. The molecule has 0 N–H and O–H groups in total. The van der Waals surface area contributed by atoms with Gasteiger partial charge in [0.05, 0.1) is 10.7 Å². The van der Waals surface area contributed by atoms with E-state index >= 15 is 0 Å². The van der Waals surface area contributed by atoms with E-state index in [9.17, 15) is 13.2 Å². The summed E-state index contributed by atoms with van der Waals surface area (Å²) in [7, 11) is -3.47. The fourth-order valence-corrected chi connectivity index (χ4v) is 5.54. The fraction of sp³-hybridized carbons (Fsp3) is 0.350. The molecular formula is C20H22N4O3S2. The van der Waals surface area contributed by atoms with Crippen molar-refractivity contribution in [3.63, 3.8) is 0 Å². The van der Waals surface area contributed by atoms with Crippen LogP contribution >= 0.6 is 11.8 Å². The summed E-state index contributed by atoms with van der Waals surface area (Å²) < 4.78 is 28.5. The monoisotopic (exact) mass is 430 g/mol. The average Bonchev–Trinajstić information content (AvgIpc) is 2.74. The number of pyridine rings is 2. The van der Waals surface area contributed by atoms with E-state index in [0.717, 1.165) is 24.8 Å². The highest BCUT2D eigenvalue weighted by Crippen LogP contribution is 2.24. The Morgan fingerprint density at radius 1 is 1.10 bits per heavy atom. The van der Waals surface area contributed by atoms with Crippen LogP contribution in [0, 0.1) is 6.92 Å². The summed E-state index contributed by atoms with van der Waals surface area (Å²) in [5, 5.41) is 0.688. The van der Waals surface area contributed by atoms with Crippen LogP contribution in [0.5, 0.6) is 0 Å². The van der Waals surface area contributed by atoms with Crippen molar-refractivity contribution in [1.29, 1.82) is 0 Å². The van der Waals surface area contributed by atoms with Gasteiger partial charge in [-0.25, -0.2) is 18.4 Å². The van der Waals surface area contributed by atoms with Crippen LogP contribution in [-0.4, -0.2) is 40.2 Å². The Labute approximate surface area is 173 Å². The van der Waals surface area contributed by atoms with E-state index in [0.29, 0.717) is 35.2 Å². The van der Waals surface area contributed by atoms with Gasteiger partial charge >= 0.3 is 0 Å². The summed E-state index contributed by atoms with van der Waals surface area (Å²) >= 11 is 1.42. The largest absolute Gasteiger partial charge is 0.269 e. The number of fused-ring (bicyclic) bond motifs is 1. The molecule has 1 saturated heterocycles. The van der Waals surface area contributed by atoms with Crippen molar-refractivity contribution >= 4 is 27.4 Å². The Morgan fingerprint density at radius 3 is 2.62 bits per heavy atom. The molecule has 7 nitrogen and oxygen atoms in total. The van der Waals surface area contributed by atoms with E-state index in [1.54, 1.807) is 18.3 Å². The lowest BCUT2D eigenvalue weighted by molar-refractivity contribution is 0.346. The third-order valence-corrected chi connectivity index (χ3v) is 7.75. The minimum absolute atomic E-state index is 0.120. The summed E-state index contributed by atoms with van der Waals surface area (Å²) in [6.07, 6.45) is 6.06. The highest BCUT2D eigenvalue weighted by molar-refractivity contribution is 7.98. The first-order chi connectivity index (χ1) is 13.9. The number of piperidine rings is 1. The molecule has 0 saturated carbocycles. The Hall–Kier alpha value is -2.23. The van der Waals surface area contributed by atoms with Gasteiger partial charge in [0.1, 0.15) is 10.5 Å². The topological polar surface area (TPSA) is 84.6 Å². The van der Waals surface area contributed by atoms with Crippen LogP contribution in [0.15, 0.2) is 57.4 Å². The smallest absolute Gasteiger partial charge is 0.258 e. The minimum Gasteiger partial charge on any atom is -0.269 e. The molecule has 0 atom stereocenters. The first-order valence-corrected chi connectivity index (χ1v) is 11.9. The lowest BCUT2D eigenvalue weighted by Gasteiger charge is -2.25. The molecule has 3 aromatic rings. The number of thioether (sulfide) groups is 1. The molecule has 4 rings (SSSR count). The van der Waals surface area contributed by atoms with E-state index < -0.39 is 10.0 Å². The highest BCUT2D eigenvalue weighted by atomic mass is 32.2. The second-order valence-electron chi connectivity index (χ2n) is 7.11. The molecule has 1 aliphatic heterocycles. The molecule has 152 valence electrons. The van der Waals surface area contributed by atoms with Crippen LogP contribution in [0.1, 0.15) is 30.5 Å². The first kappa shape index (κ1) is 20.1. The zero-order valence-electron chi connectivity index (χ0n) is 16.1. The SMILES string of the molecule is Cc1ccc2nc(CSc3ccc(S(=O)(=O)N4CCCCC4)cn3)cc(=O)n2c1. The maximum atomic E-state index is 12.7. The highest BCUT2D eigenvalue weighted by Gasteiger charge is 2.26. The molecule has 0 bridgehead atoms. The third-order valence-electron chi connectivity index (χ3n) is 4.89. The number of aromatic nitrogens is 3. The van der Waals surface area contributed by atoms with Crippen LogP contribution < -0.4 is 5.56 Å². The Kier molecular flexibility index (Phi) is 5.71. The van der Waals surface area contributed by atoms with Gasteiger partial charge in [-0.1, -0.05) is 12.5 Å². The van der Waals surface area contributed by atoms with E-state index in [4.69, 9.17) is 0 Å². The molecule has 9 heteroatoms. The number of nitrogens with zero attached hydrogens (tertiary/aromatic N) is 4. The van der Waals surface area contributed by atoms with Crippen molar-refractivity contribution < 1.29 is 8.42 Å². The molecule has 0 aliphatic carbocycles. The lowest BCUT2D eigenvalue weighted by Crippen LogP contribution is -2.35. The number of rotatable bonds is 5. The van der Waals surface area contributed by atoms with E-state index in [-0.39, 0.29) is 10.5 Å². The van der Waals surface area contributed by atoms with Gasteiger partial charge in [0, 0.05) is 37.3 Å². The Morgan fingerprint density at radius 2 is 1.90 bits per heavy atom. The molecule has 0 unspecified atom stereocenters. The van der Waals surface area contributed by atoms with Crippen molar-refractivity contribution in [2.24, 2.45) is 0 Å². The standard InChI is InChI=1S/C20H22N4O3S2/c1-15-5-7-18-22-16(11-20(25)24(18)13-15)14-28-19-8-6-17(12-21-19)29(26,27)23-9-3-2-4-10-23/h5-8,11-13H,2-4,9-10,14H2,1H3. The van der Waals surface area contributed by atoms with Crippen LogP contribution in [0.3, 0.4) is 0 Å². The van der Waals surface area contributed by atoms with Crippen molar-refractivity contribution in [1.82, 2.24) is 18.7 Å². The van der Waals surface area contributed by atoms with Crippen LogP contribution in [0.25, 0.3) is 5.65 Å². The zero-order chi connectivity index (χ0) is 20.4. The fourth-order valence-electron chi connectivity index (χ4n) is 3.34. The zero-order valence-corrected chi connectivity index (χ0v) is 17.7. The summed E-state index contributed by atoms with van der Waals surface area (Å²) in [5.74, 6) is 0.477. The summed E-state index contributed by atoms with van der Waals surface area (Å²) in [6, 6.07) is 8.57. The molecule has 3 aromatic heterocycles. The molecule has 1 aliphatic rings. The van der Waals surface area contributed by atoms with Crippen molar-refractivity contribution in [2.45, 2.75) is 41.9 Å². The van der Waals surface area contributed by atoms with Crippen LogP contribution in [-0.2, 0) is 15.8 Å². The molecule has 0 spiro atoms. The van der Waals surface area contributed by atoms with Gasteiger partial charge < -0.3 is 0 Å². The van der Waals surface area contributed by atoms with Gasteiger partial charge in [0.2, 0.25) is 10.0 Å². The van der Waals surface area contributed by atoms with Gasteiger partial charge in [-0.15, -0.1) is 11.8 Å². The summed E-state index contributed by atoms with van der Waals surface area (Å²) in [6.45, 7) is 3.07. The Bertz CT molecular complexity index is 1180. The van der Waals surface area contributed by atoms with Gasteiger partial charge in [-0.2, -0.15) is 4.31 Å². The predicted octanol–water partition coefficient (Wildman–Crippen LogP) is 2.86. The number of hydrogen-bond donors (Lipinski definition) is 0. The maximum Gasteiger partial charge on any atom is 0.258 e. The van der Waals surface area contributed by atoms with E-state index in [2.05, 4.69) is 9.97 Å². The van der Waals surface area contributed by atoms with Crippen molar-refractivity contribution in [3.8, 4) is 0 Å². The minimum atomic E-state index is -3.47. The lowest BCUT2D eigenvalue weighted by atomic mass is 10.2. The normalized spacial score (nSPS) is 15.6.